The Morgan fingerprint density at radius 1 is 0.969 bits per heavy atom. The van der Waals surface area contributed by atoms with Crippen LogP contribution in [-0.4, -0.2) is 53.4 Å². The number of nitrogens with two attached hydrogens (primary N) is 1. The Labute approximate surface area is 192 Å². The minimum absolute atomic E-state index is 0.0153. The van der Waals surface area contributed by atoms with E-state index in [-0.39, 0.29) is 5.91 Å². The van der Waals surface area contributed by atoms with Crippen LogP contribution in [0.4, 0.5) is 5.69 Å². The molecule has 3 heterocycles. The summed E-state index contributed by atoms with van der Waals surface area (Å²) in [5.41, 5.74) is 11.2. The van der Waals surface area contributed by atoms with Crippen LogP contribution in [0, 0.1) is 0 Å². The molecule has 5 nitrogen and oxygen atoms in total. The molecule has 2 aromatic heterocycles. The van der Waals surface area contributed by atoms with Crippen LogP contribution in [0.3, 0.4) is 0 Å². The van der Waals surface area contributed by atoms with Crippen molar-refractivity contribution in [3.63, 3.8) is 0 Å². The predicted octanol–water partition coefficient (Wildman–Crippen LogP) is 4.99. The van der Waals surface area contributed by atoms with Crippen molar-refractivity contribution < 1.29 is 4.79 Å². The second-order valence-corrected chi connectivity index (χ2v) is 9.04. The first-order chi connectivity index (χ1) is 15.7. The fourth-order valence-electron chi connectivity index (χ4n) is 4.29. The van der Waals surface area contributed by atoms with Gasteiger partial charge < -0.3 is 15.5 Å². The van der Waals surface area contributed by atoms with Gasteiger partial charge in [0.15, 0.2) is 0 Å². The van der Waals surface area contributed by atoms with Crippen LogP contribution in [0.15, 0.2) is 66.7 Å². The summed E-state index contributed by atoms with van der Waals surface area (Å²) < 4.78 is 0. The normalized spacial score (nSPS) is 14.7. The molecule has 0 radical (unpaired) electrons. The van der Waals surface area contributed by atoms with Crippen LogP contribution in [0.25, 0.3) is 32.6 Å². The summed E-state index contributed by atoms with van der Waals surface area (Å²) in [4.78, 5) is 24.0. The molecule has 1 amide bonds. The lowest BCUT2D eigenvalue weighted by Gasteiger charge is -2.33. The minimum atomic E-state index is 0.0153. The number of benzene rings is 2. The maximum atomic E-state index is 13.4. The lowest BCUT2D eigenvalue weighted by Crippen LogP contribution is -2.48. The summed E-state index contributed by atoms with van der Waals surface area (Å²) in [6, 6.07) is 22.4. The smallest absolute Gasteiger partial charge is 0.266 e. The van der Waals surface area contributed by atoms with E-state index in [9.17, 15) is 4.79 Å². The van der Waals surface area contributed by atoms with Gasteiger partial charge in [0.2, 0.25) is 0 Å². The van der Waals surface area contributed by atoms with Crippen molar-refractivity contribution in [2.45, 2.75) is 6.92 Å². The van der Waals surface area contributed by atoms with Crippen LogP contribution in [0.5, 0.6) is 0 Å². The number of aromatic nitrogens is 1. The third-order valence-electron chi connectivity index (χ3n) is 6.15. The second-order valence-electron chi connectivity index (χ2n) is 8.04. The minimum Gasteiger partial charge on any atom is -0.397 e. The van der Waals surface area contributed by atoms with E-state index in [4.69, 9.17) is 10.7 Å². The van der Waals surface area contributed by atoms with Crippen molar-refractivity contribution in [2.75, 3.05) is 38.5 Å². The van der Waals surface area contributed by atoms with E-state index in [1.165, 1.54) is 11.3 Å². The zero-order chi connectivity index (χ0) is 22.1. The Morgan fingerprint density at radius 3 is 2.22 bits per heavy atom. The number of carbonyl (C=O) groups excluding carboxylic acids is 1. The zero-order valence-electron chi connectivity index (χ0n) is 18.1. The number of nitrogen functional groups attached to an aromatic ring is 1. The van der Waals surface area contributed by atoms with Crippen molar-refractivity contribution in [1.29, 1.82) is 0 Å². The Balaban J connectivity index is 1.63. The van der Waals surface area contributed by atoms with Gasteiger partial charge in [-0.25, -0.2) is 4.98 Å². The number of thiophene rings is 1. The number of piperazine rings is 1. The average Bonchev–Trinajstić information content (AvgIpc) is 3.20. The van der Waals surface area contributed by atoms with Gasteiger partial charge in [-0.05, 0) is 23.7 Å². The zero-order valence-corrected chi connectivity index (χ0v) is 18.9. The maximum Gasteiger partial charge on any atom is 0.266 e. The lowest BCUT2D eigenvalue weighted by molar-refractivity contribution is 0.0649. The average molecular weight is 443 g/mol. The first-order valence-electron chi connectivity index (χ1n) is 11.0. The van der Waals surface area contributed by atoms with Gasteiger partial charge in [0, 0.05) is 37.1 Å². The molecular weight excluding hydrogens is 416 g/mol. The Bertz CT molecular complexity index is 1250. The van der Waals surface area contributed by atoms with Crippen LogP contribution in [-0.2, 0) is 0 Å². The Morgan fingerprint density at radius 2 is 1.59 bits per heavy atom. The number of likely N-dealkylation sites (N-methyl/N-ethyl adjacent to an activating group) is 1. The largest absolute Gasteiger partial charge is 0.397 e. The molecular formula is C26H26N4OS. The van der Waals surface area contributed by atoms with Crippen molar-refractivity contribution >= 4 is 33.1 Å². The summed E-state index contributed by atoms with van der Waals surface area (Å²) >= 11 is 1.41. The molecule has 0 atom stereocenters. The summed E-state index contributed by atoms with van der Waals surface area (Å²) in [5, 5.41) is 0.872. The van der Waals surface area contributed by atoms with Gasteiger partial charge in [-0.15, -0.1) is 11.3 Å². The van der Waals surface area contributed by atoms with Crippen molar-refractivity contribution in [3.05, 3.63) is 71.6 Å². The molecule has 0 bridgehead atoms. The number of anilines is 1. The molecule has 5 rings (SSSR count). The van der Waals surface area contributed by atoms with Gasteiger partial charge in [-0.3, -0.25) is 4.79 Å². The molecule has 6 heteroatoms. The van der Waals surface area contributed by atoms with Gasteiger partial charge in [-0.2, -0.15) is 0 Å². The molecule has 0 spiro atoms. The van der Waals surface area contributed by atoms with E-state index >= 15 is 0 Å². The van der Waals surface area contributed by atoms with Crippen LogP contribution >= 0.6 is 11.3 Å². The maximum absolute atomic E-state index is 13.4. The van der Waals surface area contributed by atoms with Gasteiger partial charge in [0.1, 0.15) is 9.71 Å². The fraction of sp³-hybridized carbons (Fsp3) is 0.231. The lowest BCUT2D eigenvalue weighted by atomic mass is 9.99. The number of nitrogens with zero attached hydrogens (tertiary/aromatic N) is 3. The predicted molar refractivity (Wildman–Crippen MR) is 133 cm³/mol. The van der Waals surface area contributed by atoms with Crippen LogP contribution in [0.2, 0.25) is 0 Å². The van der Waals surface area contributed by atoms with E-state index in [2.05, 4.69) is 42.2 Å². The molecule has 0 saturated carbocycles. The molecule has 162 valence electrons. The molecule has 2 N–H and O–H groups in total. The molecule has 0 aliphatic carbocycles. The number of amides is 1. The van der Waals surface area contributed by atoms with E-state index in [0.29, 0.717) is 10.6 Å². The highest BCUT2D eigenvalue weighted by Crippen LogP contribution is 2.41. The topological polar surface area (TPSA) is 62.5 Å². The number of carbonyl (C=O) groups is 1. The molecule has 0 unspecified atom stereocenters. The van der Waals surface area contributed by atoms with Crippen LogP contribution in [0.1, 0.15) is 16.6 Å². The van der Waals surface area contributed by atoms with E-state index in [1.807, 2.05) is 41.3 Å². The summed E-state index contributed by atoms with van der Waals surface area (Å²) in [6.45, 7) is 6.43. The number of pyridine rings is 1. The molecule has 1 saturated heterocycles. The van der Waals surface area contributed by atoms with Crippen molar-refractivity contribution in [2.24, 2.45) is 0 Å². The first kappa shape index (κ1) is 20.7. The Kier molecular flexibility index (Phi) is 5.64. The third-order valence-corrected chi connectivity index (χ3v) is 7.24. The fourth-order valence-corrected chi connectivity index (χ4v) is 5.38. The number of hydrogen-bond donors (Lipinski definition) is 1. The quantitative estimate of drug-likeness (QED) is 0.484. The van der Waals surface area contributed by atoms with E-state index in [0.717, 1.165) is 65.3 Å². The number of hydrogen-bond acceptors (Lipinski definition) is 5. The molecule has 2 aromatic carbocycles. The number of fused-ring (bicyclic) bond motifs is 1. The highest BCUT2D eigenvalue weighted by atomic mass is 32.1. The van der Waals surface area contributed by atoms with E-state index < -0.39 is 0 Å². The summed E-state index contributed by atoms with van der Waals surface area (Å²) in [5.74, 6) is 0.0153. The number of rotatable bonds is 4. The van der Waals surface area contributed by atoms with Gasteiger partial charge in [-0.1, -0.05) is 67.6 Å². The monoisotopic (exact) mass is 442 g/mol. The molecule has 1 fully saturated rings. The van der Waals surface area contributed by atoms with Crippen LogP contribution < -0.4 is 5.73 Å². The standard InChI is InChI=1S/C26H26N4OS/c1-2-29-13-15-30(16-14-29)26(31)24-23(27)22-20(18-9-5-3-6-10-18)17-21(28-25(22)32-24)19-11-7-4-8-12-19/h3-12,17H,2,13-16,27H2,1H3. The van der Waals surface area contributed by atoms with Gasteiger partial charge >= 0.3 is 0 Å². The first-order valence-corrected chi connectivity index (χ1v) is 11.8. The summed E-state index contributed by atoms with van der Waals surface area (Å²) in [7, 11) is 0. The highest BCUT2D eigenvalue weighted by molar-refractivity contribution is 7.21. The SMILES string of the molecule is CCN1CCN(C(=O)c2sc3nc(-c4ccccc4)cc(-c4ccccc4)c3c2N)CC1. The molecule has 4 aromatic rings. The molecule has 32 heavy (non-hydrogen) atoms. The third kappa shape index (κ3) is 3.76. The Hall–Kier alpha value is -3.22. The van der Waals surface area contributed by atoms with Gasteiger partial charge in [0.05, 0.1) is 11.4 Å². The van der Waals surface area contributed by atoms with Crippen molar-refractivity contribution in [1.82, 2.24) is 14.8 Å². The molecule has 1 aliphatic rings. The highest BCUT2D eigenvalue weighted by Gasteiger charge is 2.27. The molecule has 1 aliphatic heterocycles. The summed E-state index contributed by atoms with van der Waals surface area (Å²) in [6.07, 6.45) is 0. The second kappa shape index (κ2) is 8.73. The van der Waals surface area contributed by atoms with Crippen molar-refractivity contribution in [3.8, 4) is 22.4 Å². The van der Waals surface area contributed by atoms with E-state index in [1.54, 1.807) is 0 Å². The van der Waals surface area contributed by atoms with Gasteiger partial charge in [0.25, 0.3) is 5.91 Å².